The summed E-state index contributed by atoms with van der Waals surface area (Å²) in [6, 6.07) is 6.96. The molecule has 1 fully saturated rings. The van der Waals surface area contributed by atoms with Crippen LogP contribution in [0.25, 0.3) is 11.3 Å². The molecule has 18 heavy (non-hydrogen) atoms. The van der Waals surface area contributed by atoms with Crippen molar-refractivity contribution < 1.29 is 0 Å². The maximum Gasteiger partial charge on any atom is 0.0953 e. The molecule has 1 heterocycles. The van der Waals surface area contributed by atoms with Gasteiger partial charge in [-0.1, -0.05) is 23.7 Å². The molecule has 1 aromatic carbocycles. The minimum absolute atomic E-state index is 0.340. The first-order chi connectivity index (χ1) is 8.65. The van der Waals surface area contributed by atoms with Gasteiger partial charge in [0.15, 0.2) is 0 Å². The van der Waals surface area contributed by atoms with E-state index in [1.807, 2.05) is 31.6 Å². The summed E-state index contributed by atoms with van der Waals surface area (Å²) in [5, 5.41) is 0.797. The Bertz CT molecular complexity index is 570. The number of benzene rings is 1. The van der Waals surface area contributed by atoms with Gasteiger partial charge in [0.25, 0.3) is 0 Å². The van der Waals surface area contributed by atoms with Crippen LogP contribution in [0.15, 0.2) is 30.7 Å². The lowest BCUT2D eigenvalue weighted by atomic mass is 9.87. The van der Waals surface area contributed by atoms with Gasteiger partial charge in [0.2, 0.25) is 0 Å². The summed E-state index contributed by atoms with van der Waals surface area (Å²) in [4.78, 5) is 4.26. The van der Waals surface area contributed by atoms with E-state index >= 15 is 0 Å². The summed E-state index contributed by atoms with van der Waals surface area (Å²) in [5.41, 5.74) is 9.18. The van der Waals surface area contributed by atoms with Crippen molar-refractivity contribution in [3.63, 3.8) is 0 Å². The standard InChI is InChI=1S/C14H16ClN3/c1-9-2-3-10(4-13(9)15)14-7-17-8-18(14)12-5-11(16)6-12/h2-4,7-8,11-12H,5-6,16H2,1H3. The van der Waals surface area contributed by atoms with E-state index in [9.17, 15) is 0 Å². The molecule has 0 spiro atoms. The molecule has 1 aromatic heterocycles. The van der Waals surface area contributed by atoms with Crippen LogP contribution in [0.5, 0.6) is 0 Å². The Kier molecular flexibility index (Phi) is 2.88. The van der Waals surface area contributed by atoms with Crippen LogP contribution < -0.4 is 5.73 Å². The molecule has 0 bridgehead atoms. The van der Waals surface area contributed by atoms with Crippen LogP contribution in [0.2, 0.25) is 5.02 Å². The van der Waals surface area contributed by atoms with Crippen molar-refractivity contribution in [2.75, 3.05) is 0 Å². The predicted octanol–water partition coefficient (Wildman–Crippen LogP) is 3.17. The molecule has 3 nitrogen and oxygen atoms in total. The largest absolute Gasteiger partial charge is 0.328 e. The minimum atomic E-state index is 0.340. The highest BCUT2D eigenvalue weighted by Crippen LogP contribution is 2.35. The van der Waals surface area contributed by atoms with Gasteiger partial charge in [-0.05, 0) is 31.4 Å². The van der Waals surface area contributed by atoms with Crippen LogP contribution in [0.3, 0.4) is 0 Å². The molecule has 1 aliphatic carbocycles. The first-order valence-electron chi connectivity index (χ1n) is 6.19. The topological polar surface area (TPSA) is 43.8 Å². The van der Waals surface area contributed by atoms with Crippen molar-refractivity contribution in [1.29, 1.82) is 0 Å². The number of hydrogen-bond donors (Lipinski definition) is 1. The SMILES string of the molecule is Cc1ccc(-c2cncn2C2CC(N)C2)cc1Cl. The van der Waals surface area contributed by atoms with Gasteiger partial charge in [0.05, 0.1) is 18.2 Å². The first-order valence-corrected chi connectivity index (χ1v) is 6.57. The van der Waals surface area contributed by atoms with E-state index in [-0.39, 0.29) is 0 Å². The molecule has 0 unspecified atom stereocenters. The minimum Gasteiger partial charge on any atom is -0.328 e. The Labute approximate surface area is 112 Å². The summed E-state index contributed by atoms with van der Waals surface area (Å²) in [7, 11) is 0. The number of hydrogen-bond acceptors (Lipinski definition) is 2. The Balaban J connectivity index is 1.96. The quantitative estimate of drug-likeness (QED) is 0.902. The van der Waals surface area contributed by atoms with E-state index in [2.05, 4.69) is 15.6 Å². The molecule has 4 heteroatoms. The van der Waals surface area contributed by atoms with E-state index < -0.39 is 0 Å². The molecule has 0 amide bonds. The normalized spacial score (nSPS) is 22.8. The van der Waals surface area contributed by atoms with Gasteiger partial charge in [-0.3, -0.25) is 0 Å². The predicted molar refractivity (Wildman–Crippen MR) is 73.7 cm³/mol. The zero-order valence-corrected chi connectivity index (χ0v) is 11.1. The summed E-state index contributed by atoms with van der Waals surface area (Å²) >= 11 is 6.18. The number of imidazole rings is 1. The highest BCUT2D eigenvalue weighted by Gasteiger charge is 2.28. The molecular weight excluding hydrogens is 246 g/mol. The fraction of sp³-hybridized carbons (Fsp3) is 0.357. The lowest BCUT2D eigenvalue weighted by Crippen LogP contribution is -2.37. The first kappa shape index (κ1) is 11.8. The van der Waals surface area contributed by atoms with Crippen LogP contribution in [0.1, 0.15) is 24.4 Å². The molecule has 0 aliphatic heterocycles. The van der Waals surface area contributed by atoms with Crippen molar-refractivity contribution in [2.45, 2.75) is 31.8 Å². The summed E-state index contributed by atoms with van der Waals surface area (Å²) in [5.74, 6) is 0. The average molecular weight is 262 g/mol. The van der Waals surface area contributed by atoms with E-state index in [1.54, 1.807) is 0 Å². The fourth-order valence-electron chi connectivity index (χ4n) is 2.43. The Morgan fingerprint density at radius 2 is 2.17 bits per heavy atom. The second-order valence-corrected chi connectivity index (χ2v) is 5.44. The second-order valence-electron chi connectivity index (χ2n) is 5.04. The number of nitrogens with two attached hydrogens (primary N) is 1. The monoisotopic (exact) mass is 261 g/mol. The molecule has 1 aliphatic rings. The molecule has 1 saturated carbocycles. The Morgan fingerprint density at radius 3 is 2.83 bits per heavy atom. The second kappa shape index (κ2) is 4.41. The van der Waals surface area contributed by atoms with Crippen LogP contribution in [-0.2, 0) is 0 Å². The molecule has 3 rings (SSSR count). The number of aromatic nitrogens is 2. The van der Waals surface area contributed by atoms with Gasteiger partial charge in [-0.25, -0.2) is 4.98 Å². The third kappa shape index (κ3) is 1.93. The Hall–Kier alpha value is -1.32. The van der Waals surface area contributed by atoms with Crippen LogP contribution in [0.4, 0.5) is 0 Å². The number of aryl methyl sites for hydroxylation is 1. The third-order valence-corrected chi connectivity index (χ3v) is 4.08. The van der Waals surface area contributed by atoms with E-state index in [0.29, 0.717) is 12.1 Å². The fourth-order valence-corrected chi connectivity index (χ4v) is 2.61. The molecule has 0 saturated heterocycles. The molecular formula is C14H16ClN3. The van der Waals surface area contributed by atoms with Gasteiger partial charge in [-0.15, -0.1) is 0 Å². The zero-order valence-electron chi connectivity index (χ0n) is 10.3. The maximum atomic E-state index is 6.18. The Morgan fingerprint density at radius 1 is 1.39 bits per heavy atom. The molecule has 94 valence electrons. The van der Waals surface area contributed by atoms with E-state index in [4.69, 9.17) is 17.3 Å². The summed E-state index contributed by atoms with van der Waals surface area (Å²) < 4.78 is 2.21. The molecule has 2 N–H and O–H groups in total. The summed E-state index contributed by atoms with van der Waals surface area (Å²) in [6.45, 7) is 2.01. The van der Waals surface area contributed by atoms with E-state index in [1.165, 1.54) is 0 Å². The van der Waals surface area contributed by atoms with Gasteiger partial charge >= 0.3 is 0 Å². The van der Waals surface area contributed by atoms with Gasteiger partial charge in [-0.2, -0.15) is 0 Å². The van der Waals surface area contributed by atoms with Gasteiger partial charge in [0, 0.05) is 22.7 Å². The smallest absolute Gasteiger partial charge is 0.0953 e. The molecule has 2 aromatic rings. The number of nitrogens with zero attached hydrogens (tertiary/aromatic N) is 2. The highest BCUT2D eigenvalue weighted by molar-refractivity contribution is 6.31. The average Bonchev–Trinajstić information content (AvgIpc) is 2.77. The molecule has 0 radical (unpaired) electrons. The zero-order chi connectivity index (χ0) is 12.7. The lowest BCUT2D eigenvalue weighted by molar-refractivity contribution is 0.268. The highest BCUT2D eigenvalue weighted by atomic mass is 35.5. The maximum absolute atomic E-state index is 6.18. The lowest BCUT2D eigenvalue weighted by Gasteiger charge is -2.34. The van der Waals surface area contributed by atoms with Crippen molar-refractivity contribution in [3.8, 4) is 11.3 Å². The van der Waals surface area contributed by atoms with Crippen molar-refractivity contribution in [1.82, 2.24) is 9.55 Å². The van der Waals surface area contributed by atoms with Crippen molar-refractivity contribution >= 4 is 11.6 Å². The summed E-state index contributed by atoms with van der Waals surface area (Å²) in [6.07, 6.45) is 5.84. The molecule has 0 atom stereocenters. The third-order valence-electron chi connectivity index (χ3n) is 3.68. The number of halogens is 1. The van der Waals surface area contributed by atoms with Crippen LogP contribution in [0, 0.1) is 6.92 Å². The van der Waals surface area contributed by atoms with Crippen molar-refractivity contribution in [3.05, 3.63) is 41.3 Å². The van der Waals surface area contributed by atoms with E-state index in [0.717, 1.165) is 34.7 Å². The van der Waals surface area contributed by atoms with Crippen molar-refractivity contribution in [2.24, 2.45) is 5.73 Å². The van der Waals surface area contributed by atoms with Gasteiger partial charge < -0.3 is 10.3 Å². The van der Waals surface area contributed by atoms with Gasteiger partial charge in [0.1, 0.15) is 0 Å². The van der Waals surface area contributed by atoms with Crippen LogP contribution in [-0.4, -0.2) is 15.6 Å². The van der Waals surface area contributed by atoms with Crippen LogP contribution >= 0.6 is 11.6 Å². The number of rotatable bonds is 2.